The molecule has 9 nitrogen and oxygen atoms in total. The molecular formula is C28H34Cl2N4O5S. The van der Waals surface area contributed by atoms with Crippen molar-refractivity contribution in [2.75, 3.05) is 51.5 Å². The third kappa shape index (κ3) is 6.68. The highest BCUT2D eigenvalue weighted by molar-refractivity contribution is 7.85. The number of fused-ring (bicyclic) bond motifs is 2. The standard InChI is InChI=1S/C28H34Cl2N4O5S/c1-3-31-22-12-10-20(29)18-24(22)33(15-5-6-17-40(37,38)39)26(31)8-7-9-27-32(4-2)23-13-11-21(30)19-25(23)34(27)16-14-28(35)36/h7-13,18-19,26H,3-6,14-17H2,1-2H3,(H,35,36)(H,37,38,39). The van der Waals surface area contributed by atoms with Crippen molar-refractivity contribution in [3.8, 4) is 0 Å². The zero-order valence-corrected chi connectivity index (χ0v) is 24.8. The maximum Gasteiger partial charge on any atom is 0.305 e. The summed E-state index contributed by atoms with van der Waals surface area (Å²) in [4.78, 5) is 20.0. The minimum atomic E-state index is -4.01. The van der Waals surface area contributed by atoms with Crippen molar-refractivity contribution < 1.29 is 22.9 Å². The first-order chi connectivity index (χ1) is 19.0. The van der Waals surface area contributed by atoms with Gasteiger partial charge in [0.15, 0.2) is 0 Å². The van der Waals surface area contributed by atoms with E-state index in [4.69, 9.17) is 27.8 Å². The van der Waals surface area contributed by atoms with Gasteiger partial charge in [0.2, 0.25) is 0 Å². The van der Waals surface area contributed by atoms with Crippen LogP contribution in [0.5, 0.6) is 0 Å². The number of hydrogen-bond acceptors (Lipinski definition) is 7. The molecule has 2 aromatic rings. The highest BCUT2D eigenvalue weighted by Crippen LogP contribution is 2.44. The van der Waals surface area contributed by atoms with Crippen LogP contribution < -0.4 is 19.6 Å². The molecule has 0 fully saturated rings. The third-order valence-electron chi connectivity index (χ3n) is 7.05. The zero-order valence-electron chi connectivity index (χ0n) is 22.5. The topological polar surface area (TPSA) is 105 Å². The van der Waals surface area contributed by atoms with E-state index in [1.807, 2.05) is 60.4 Å². The number of nitrogens with zero attached hydrogens (tertiary/aromatic N) is 4. The quantitative estimate of drug-likeness (QED) is 0.227. The molecule has 2 N–H and O–H groups in total. The van der Waals surface area contributed by atoms with E-state index >= 15 is 0 Å². The van der Waals surface area contributed by atoms with E-state index in [1.165, 1.54) is 0 Å². The highest BCUT2D eigenvalue weighted by Gasteiger charge is 2.34. The number of aliphatic carboxylic acids is 1. The van der Waals surface area contributed by atoms with Crippen LogP contribution in [-0.2, 0) is 14.9 Å². The van der Waals surface area contributed by atoms with Crippen LogP contribution in [0.25, 0.3) is 0 Å². The van der Waals surface area contributed by atoms with E-state index in [1.54, 1.807) is 0 Å². The lowest BCUT2D eigenvalue weighted by Crippen LogP contribution is -2.42. The molecule has 0 bridgehead atoms. The first-order valence-corrected chi connectivity index (χ1v) is 15.6. The van der Waals surface area contributed by atoms with Gasteiger partial charge < -0.3 is 24.7 Å². The van der Waals surface area contributed by atoms with Crippen LogP contribution in [-0.4, -0.2) is 62.1 Å². The molecule has 2 aliphatic heterocycles. The summed E-state index contributed by atoms with van der Waals surface area (Å²) in [5.41, 5.74) is 3.83. The summed E-state index contributed by atoms with van der Waals surface area (Å²) in [7, 11) is -4.01. The van der Waals surface area contributed by atoms with Gasteiger partial charge >= 0.3 is 5.97 Å². The lowest BCUT2D eigenvalue weighted by Gasteiger charge is -2.30. The Hall–Kier alpha value is -2.92. The first-order valence-electron chi connectivity index (χ1n) is 13.3. The summed E-state index contributed by atoms with van der Waals surface area (Å²) in [5, 5.41) is 10.6. The van der Waals surface area contributed by atoms with Gasteiger partial charge in [-0.2, -0.15) is 8.42 Å². The molecule has 12 heteroatoms. The van der Waals surface area contributed by atoms with E-state index in [2.05, 4.69) is 27.7 Å². The molecule has 0 aliphatic carbocycles. The van der Waals surface area contributed by atoms with Gasteiger partial charge in [0.05, 0.1) is 34.9 Å². The number of carboxylic acid groups (broad SMARTS) is 1. The molecule has 1 atom stereocenters. The lowest BCUT2D eigenvalue weighted by molar-refractivity contribution is -0.136. The third-order valence-corrected chi connectivity index (χ3v) is 8.33. The fourth-order valence-electron chi connectivity index (χ4n) is 5.34. The predicted molar refractivity (Wildman–Crippen MR) is 163 cm³/mol. The Balaban J connectivity index is 1.65. The summed E-state index contributed by atoms with van der Waals surface area (Å²) < 4.78 is 31.6. The molecule has 0 amide bonds. The van der Waals surface area contributed by atoms with Crippen LogP contribution in [0.4, 0.5) is 22.7 Å². The van der Waals surface area contributed by atoms with Crippen LogP contribution in [0.1, 0.15) is 33.1 Å². The Kier molecular flexibility index (Phi) is 9.56. The second-order valence-electron chi connectivity index (χ2n) is 9.60. The van der Waals surface area contributed by atoms with Gasteiger partial charge in [-0.25, -0.2) is 0 Å². The number of anilines is 4. The SMILES string of the molecule is CCN1C(=CC=CC2N(CC)c3ccc(Cl)cc3N2CCCCS(=O)(=O)O)N(CCC(=O)O)c2cc(Cl)ccc21. The van der Waals surface area contributed by atoms with Gasteiger partial charge in [0.1, 0.15) is 12.0 Å². The minimum Gasteiger partial charge on any atom is -0.481 e. The van der Waals surface area contributed by atoms with Crippen LogP contribution in [0.15, 0.2) is 60.4 Å². The Morgan fingerprint density at radius 3 is 2.20 bits per heavy atom. The van der Waals surface area contributed by atoms with E-state index < -0.39 is 16.1 Å². The molecular weight excluding hydrogens is 575 g/mol. The van der Waals surface area contributed by atoms with Crippen molar-refractivity contribution in [3.05, 3.63) is 70.5 Å². The summed E-state index contributed by atoms with van der Waals surface area (Å²) >= 11 is 12.6. The largest absolute Gasteiger partial charge is 0.481 e. The normalized spacial score (nSPS) is 17.8. The van der Waals surface area contributed by atoms with E-state index in [0.717, 1.165) is 35.1 Å². The van der Waals surface area contributed by atoms with E-state index in [-0.39, 0.29) is 18.3 Å². The molecule has 2 aliphatic rings. The molecule has 1 unspecified atom stereocenters. The second kappa shape index (κ2) is 12.7. The van der Waals surface area contributed by atoms with Gasteiger partial charge in [-0.1, -0.05) is 29.3 Å². The zero-order chi connectivity index (χ0) is 29.0. The van der Waals surface area contributed by atoms with Gasteiger partial charge in [0.25, 0.3) is 10.1 Å². The maximum atomic E-state index is 11.4. The van der Waals surface area contributed by atoms with Gasteiger partial charge in [-0.05, 0) is 75.2 Å². The van der Waals surface area contributed by atoms with Crippen molar-refractivity contribution in [3.63, 3.8) is 0 Å². The number of allylic oxidation sites excluding steroid dienone is 2. The van der Waals surface area contributed by atoms with Crippen LogP contribution in [0.3, 0.4) is 0 Å². The predicted octanol–water partition coefficient (Wildman–Crippen LogP) is 5.85. The fraction of sp³-hybridized carbons (Fsp3) is 0.393. The van der Waals surface area contributed by atoms with Crippen molar-refractivity contribution in [1.29, 1.82) is 0 Å². The molecule has 2 heterocycles. The summed E-state index contributed by atoms with van der Waals surface area (Å²) in [6.45, 7) is 6.40. The molecule has 0 saturated carbocycles. The molecule has 0 radical (unpaired) electrons. The molecule has 0 saturated heterocycles. The molecule has 216 valence electrons. The average molecular weight is 610 g/mol. The first kappa shape index (κ1) is 30.0. The Labute approximate surface area is 245 Å². The van der Waals surface area contributed by atoms with Gasteiger partial charge in [-0.3, -0.25) is 9.35 Å². The maximum absolute atomic E-state index is 11.4. The van der Waals surface area contributed by atoms with Crippen LogP contribution in [0, 0.1) is 0 Å². The summed E-state index contributed by atoms with van der Waals surface area (Å²) in [6.07, 6.45) is 6.77. The van der Waals surface area contributed by atoms with Crippen molar-refractivity contribution in [2.24, 2.45) is 0 Å². The monoisotopic (exact) mass is 608 g/mol. The second-order valence-corrected chi connectivity index (χ2v) is 12.0. The Morgan fingerprint density at radius 2 is 1.57 bits per heavy atom. The average Bonchev–Trinajstić information content (AvgIpc) is 3.34. The number of halogens is 2. The van der Waals surface area contributed by atoms with Crippen molar-refractivity contribution in [2.45, 2.75) is 39.3 Å². The van der Waals surface area contributed by atoms with Crippen LogP contribution in [0.2, 0.25) is 10.0 Å². The molecule has 0 spiro atoms. The Morgan fingerprint density at radius 1 is 0.900 bits per heavy atom. The molecule has 40 heavy (non-hydrogen) atoms. The minimum absolute atomic E-state index is 0.0236. The number of likely N-dealkylation sites (N-methyl/N-ethyl adjacent to an activating group) is 1. The number of unbranched alkanes of at least 4 members (excludes halogenated alkanes) is 1. The molecule has 4 rings (SSSR count). The summed E-state index contributed by atoms with van der Waals surface area (Å²) in [6, 6.07) is 11.4. The van der Waals surface area contributed by atoms with Crippen LogP contribution >= 0.6 is 23.2 Å². The van der Waals surface area contributed by atoms with Gasteiger partial charge in [0, 0.05) is 36.2 Å². The van der Waals surface area contributed by atoms with Crippen molar-refractivity contribution in [1.82, 2.24) is 0 Å². The lowest BCUT2D eigenvalue weighted by atomic mass is 10.2. The fourth-order valence-corrected chi connectivity index (χ4v) is 6.24. The number of carbonyl (C=O) groups is 1. The number of hydrogen-bond donors (Lipinski definition) is 2. The number of carboxylic acids is 1. The highest BCUT2D eigenvalue weighted by atomic mass is 35.5. The van der Waals surface area contributed by atoms with Gasteiger partial charge in [-0.15, -0.1) is 0 Å². The summed E-state index contributed by atoms with van der Waals surface area (Å²) in [5.74, 6) is -0.297. The number of rotatable bonds is 12. The smallest absolute Gasteiger partial charge is 0.305 e. The van der Waals surface area contributed by atoms with E-state index in [9.17, 15) is 18.3 Å². The Bertz CT molecular complexity index is 1420. The number of benzene rings is 2. The molecule has 0 aromatic heterocycles. The van der Waals surface area contributed by atoms with E-state index in [0.29, 0.717) is 42.5 Å². The van der Waals surface area contributed by atoms with Crippen molar-refractivity contribution >= 4 is 62.0 Å². The molecule has 2 aromatic carbocycles.